The average molecular weight is 307 g/mol. The summed E-state index contributed by atoms with van der Waals surface area (Å²) >= 11 is 5.02. The van der Waals surface area contributed by atoms with E-state index in [1.165, 1.54) is 0 Å². The maximum Gasteiger partial charge on any atom is 0.187 e. The Morgan fingerprint density at radius 3 is 2.90 bits per heavy atom. The van der Waals surface area contributed by atoms with Crippen molar-refractivity contribution in [3.8, 4) is 11.5 Å². The number of rotatable bonds is 8. The van der Waals surface area contributed by atoms with Gasteiger partial charge in [0.05, 0.1) is 19.9 Å². The summed E-state index contributed by atoms with van der Waals surface area (Å²) in [5.74, 6) is 1.41. The maximum absolute atomic E-state index is 5.59. The lowest BCUT2D eigenvalue weighted by atomic mass is 10.2. The fraction of sp³-hybridized carbons (Fsp3) is 0.333. The third-order valence-electron chi connectivity index (χ3n) is 2.44. The van der Waals surface area contributed by atoms with E-state index in [0.717, 1.165) is 17.7 Å². The molecule has 114 valence electrons. The van der Waals surface area contributed by atoms with Crippen LogP contribution in [0.15, 0.2) is 36.0 Å². The quantitative estimate of drug-likeness (QED) is 0.334. The number of ether oxygens (including phenoxy) is 2. The van der Waals surface area contributed by atoms with E-state index in [-0.39, 0.29) is 0 Å². The van der Waals surface area contributed by atoms with E-state index in [9.17, 15) is 0 Å². The molecule has 0 aliphatic rings. The molecule has 0 saturated carbocycles. The van der Waals surface area contributed by atoms with E-state index in [1.54, 1.807) is 19.4 Å². The van der Waals surface area contributed by atoms with E-state index < -0.39 is 0 Å². The molecule has 0 bridgehead atoms. The van der Waals surface area contributed by atoms with Gasteiger partial charge in [0.1, 0.15) is 0 Å². The zero-order valence-electron chi connectivity index (χ0n) is 12.4. The lowest BCUT2D eigenvalue weighted by Gasteiger charge is -2.10. The molecular weight excluding hydrogens is 286 g/mol. The van der Waals surface area contributed by atoms with Crippen LogP contribution in [0, 0.1) is 0 Å². The number of nitrogens with zero attached hydrogens (tertiary/aromatic N) is 1. The summed E-state index contributed by atoms with van der Waals surface area (Å²) in [6.45, 7) is 6.91. The van der Waals surface area contributed by atoms with Crippen LogP contribution >= 0.6 is 12.2 Å². The molecule has 0 saturated heterocycles. The van der Waals surface area contributed by atoms with Crippen LogP contribution in [0.3, 0.4) is 0 Å². The van der Waals surface area contributed by atoms with Crippen LogP contribution in [0.2, 0.25) is 0 Å². The minimum Gasteiger partial charge on any atom is -0.493 e. The van der Waals surface area contributed by atoms with Crippen LogP contribution in [0.4, 0.5) is 0 Å². The topological polar surface area (TPSA) is 54.9 Å². The average Bonchev–Trinajstić information content (AvgIpc) is 2.51. The van der Waals surface area contributed by atoms with Crippen molar-refractivity contribution in [2.24, 2.45) is 5.10 Å². The molecule has 5 nitrogen and oxygen atoms in total. The first-order chi connectivity index (χ1) is 10.2. The molecule has 0 fully saturated rings. The third kappa shape index (κ3) is 6.27. The largest absolute Gasteiger partial charge is 0.493 e. The van der Waals surface area contributed by atoms with Crippen molar-refractivity contribution in [3.05, 3.63) is 36.4 Å². The molecule has 0 aliphatic heterocycles. The molecule has 1 aromatic carbocycles. The predicted molar refractivity (Wildman–Crippen MR) is 90.3 cm³/mol. The Balaban J connectivity index is 2.63. The van der Waals surface area contributed by atoms with E-state index >= 15 is 0 Å². The van der Waals surface area contributed by atoms with Crippen LogP contribution < -0.4 is 20.2 Å². The van der Waals surface area contributed by atoms with Crippen molar-refractivity contribution < 1.29 is 9.47 Å². The molecule has 0 aromatic heterocycles. The maximum atomic E-state index is 5.59. The van der Waals surface area contributed by atoms with Gasteiger partial charge >= 0.3 is 0 Å². The summed E-state index contributed by atoms with van der Waals surface area (Å²) in [5, 5.41) is 7.41. The smallest absolute Gasteiger partial charge is 0.187 e. The highest BCUT2D eigenvalue weighted by Gasteiger charge is 2.04. The van der Waals surface area contributed by atoms with E-state index in [0.29, 0.717) is 24.0 Å². The standard InChI is InChI=1S/C15H21N3O2S/c1-4-8-16-15(21)18-17-11-12-6-7-13(20-9-5-2)14(10-12)19-3/h4,6-7,10-11H,1,5,8-9H2,2-3H3,(H2,16,18,21). The van der Waals surface area contributed by atoms with E-state index in [4.69, 9.17) is 21.7 Å². The Morgan fingerprint density at radius 2 is 2.24 bits per heavy atom. The minimum absolute atomic E-state index is 0.445. The number of nitrogens with one attached hydrogen (secondary N) is 2. The van der Waals surface area contributed by atoms with Gasteiger partial charge in [-0.25, -0.2) is 0 Å². The van der Waals surface area contributed by atoms with Gasteiger partial charge in [-0.15, -0.1) is 6.58 Å². The molecule has 1 rings (SSSR count). The number of hydrazone groups is 1. The van der Waals surface area contributed by atoms with Gasteiger partial charge in [-0.2, -0.15) is 5.10 Å². The van der Waals surface area contributed by atoms with Gasteiger partial charge in [-0.3, -0.25) is 5.43 Å². The van der Waals surface area contributed by atoms with Gasteiger partial charge in [0.15, 0.2) is 16.6 Å². The number of thiocarbonyl (C=S) groups is 1. The zero-order valence-corrected chi connectivity index (χ0v) is 13.2. The van der Waals surface area contributed by atoms with Crippen LogP contribution in [-0.2, 0) is 0 Å². The summed E-state index contributed by atoms with van der Waals surface area (Å²) in [4.78, 5) is 0. The first-order valence-electron chi connectivity index (χ1n) is 6.69. The summed E-state index contributed by atoms with van der Waals surface area (Å²) in [5.41, 5.74) is 3.61. The lowest BCUT2D eigenvalue weighted by molar-refractivity contribution is 0.294. The lowest BCUT2D eigenvalue weighted by Crippen LogP contribution is -2.31. The van der Waals surface area contributed by atoms with Gasteiger partial charge < -0.3 is 14.8 Å². The highest BCUT2D eigenvalue weighted by atomic mass is 32.1. The molecule has 0 spiro atoms. The molecule has 0 unspecified atom stereocenters. The minimum atomic E-state index is 0.445. The molecule has 0 amide bonds. The van der Waals surface area contributed by atoms with Crippen LogP contribution in [0.1, 0.15) is 18.9 Å². The molecule has 0 radical (unpaired) electrons. The fourth-order valence-electron chi connectivity index (χ4n) is 1.47. The summed E-state index contributed by atoms with van der Waals surface area (Å²) in [6, 6.07) is 5.62. The van der Waals surface area contributed by atoms with Crippen molar-refractivity contribution in [2.45, 2.75) is 13.3 Å². The normalized spacial score (nSPS) is 10.2. The second-order valence-electron chi connectivity index (χ2n) is 4.13. The molecule has 21 heavy (non-hydrogen) atoms. The summed E-state index contributed by atoms with van der Waals surface area (Å²) in [7, 11) is 1.61. The second kappa shape index (κ2) is 9.77. The predicted octanol–water partition coefficient (Wildman–Crippen LogP) is 2.47. The first kappa shape index (κ1) is 17.0. The monoisotopic (exact) mass is 307 g/mol. The van der Waals surface area contributed by atoms with Gasteiger partial charge in [-0.1, -0.05) is 13.0 Å². The first-order valence-corrected chi connectivity index (χ1v) is 7.10. The SMILES string of the molecule is C=CCNC(=S)NN=Cc1ccc(OCCC)c(OC)c1. The van der Waals surface area contributed by atoms with Gasteiger partial charge in [0.25, 0.3) is 0 Å². The Kier molecular flexibility index (Phi) is 7.89. The van der Waals surface area contributed by atoms with Crippen molar-refractivity contribution in [3.63, 3.8) is 0 Å². The zero-order chi connectivity index (χ0) is 15.5. The third-order valence-corrected chi connectivity index (χ3v) is 2.67. The second-order valence-corrected chi connectivity index (χ2v) is 4.54. The fourth-order valence-corrected chi connectivity index (χ4v) is 1.60. The van der Waals surface area contributed by atoms with Crippen molar-refractivity contribution >= 4 is 23.5 Å². The van der Waals surface area contributed by atoms with Crippen LogP contribution in [-0.4, -0.2) is 31.6 Å². The van der Waals surface area contributed by atoms with Gasteiger partial charge in [-0.05, 0) is 42.4 Å². The van der Waals surface area contributed by atoms with Crippen molar-refractivity contribution in [1.29, 1.82) is 0 Å². The number of benzene rings is 1. The Labute approximate surface area is 131 Å². The highest BCUT2D eigenvalue weighted by Crippen LogP contribution is 2.27. The molecule has 0 heterocycles. The van der Waals surface area contributed by atoms with Crippen LogP contribution in [0.5, 0.6) is 11.5 Å². The molecule has 0 aliphatic carbocycles. The van der Waals surface area contributed by atoms with Crippen molar-refractivity contribution in [2.75, 3.05) is 20.3 Å². The van der Waals surface area contributed by atoms with Gasteiger partial charge in [0.2, 0.25) is 0 Å². The Bertz CT molecular complexity index is 504. The molecule has 0 atom stereocenters. The molecular formula is C15H21N3O2S. The number of hydrogen-bond acceptors (Lipinski definition) is 4. The number of hydrogen-bond donors (Lipinski definition) is 2. The highest BCUT2D eigenvalue weighted by molar-refractivity contribution is 7.80. The van der Waals surface area contributed by atoms with E-state index in [1.807, 2.05) is 18.2 Å². The van der Waals surface area contributed by atoms with Crippen LogP contribution in [0.25, 0.3) is 0 Å². The van der Waals surface area contributed by atoms with E-state index in [2.05, 4.69) is 29.3 Å². The summed E-state index contributed by atoms with van der Waals surface area (Å²) < 4.78 is 10.9. The molecule has 1 aromatic rings. The molecule has 2 N–H and O–H groups in total. The Morgan fingerprint density at radius 1 is 1.43 bits per heavy atom. The van der Waals surface area contributed by atoms with Gasteiger partial charge in [0, 0.05) is 6.54 Å². The van der Waals surface area contributed by atoms with Crippen molar-refractivity contribution in [1.82, 2.24) is 10.7 Å². The molecule has 6 heteroatoms. The summed E-state index contributed by atoms with van der Waals surface area (Å²) in [6.07, 6.45) is 4.33. The Hall–Kier alpha value is -2.08. The number of methoxy groups -OCH3 is 1.